The van der Waals surface area contributed by atoms with Crippen LogP contribution in [0.5, 0.6) is 0 Å². The van der Waals surface area contributed by atoms with Gasteiger partial charge in [0.15, 0.2) is 5.82 Å². The first-order valence-corrected chi connectivity index (χ1v) is 7.83. The zero-order valence-corrected chi connectivity index (χ0v) is 13.5. The summed E-state index contributed by atoms with van der Waals surface area (Å²) in [5.41, 5.74) is -1.05. The normalized spacial score (nSPS) is 35.0. The quantitative estimate of drug-likeness (QED) is 0.833. The summed E-state index contributed by atoms with van der Waals surface area (Å²) in [5, 5.41) is 21.5. The number of rotatable bonds is 2. The molecule has 0 spiro atoms. The molecular formula is C13H22N4O3S. The van der Waals surface area contributed by atoms with Gasteiger partial charge in [0.05, 0.1) is 47.8 Å². The number of aliphatic hydroxyl groups is 1. The van der Waals surface area contributed by atoms with Crippen LogP contribution in [0.15, 0.2) is 6.20 Å². The van der Waals surface area contributed by atoms with E-state index in [-0.39, 0.29) is 24.9 Å². The van der Waals surface area contributed by atoms with Crippen molar-refractivity contribution in [3.8, 4) is 0 Å². The van der Waals surface area contributed by atoms with Crippen molar-refractivity contribution in [1.29, 1.82) is 0 Å². The Morgan fingerprint density at radius 1 is 1.38 bits per heavy atom. The molecule has 2 saturated heterocycles. The largest absolute Gasteiger partial charge is 0.394 e. The molecule has 2 N–H and O–H groups in total. The van der Waals surface area contributed by atoms with Crippen LogP contribution in [0.1, 0.15) is 27.7 Å². The highest BCUT2D eigenvalue weighted by atomic mass is 32.1. The summed E-state index contributed by atoms with van der Waals surface area (Å²) in [4.78, 5) is 2.11. The Kier molecular flexibility index (Phi) is 3.49. The van der Waals surface area contributed by atoms with Gasteiger partial charge in [0.25, 0.3) is 0 Å². The van der Waals surface area contributed by atoms with E-state index in [1.54, 1.807) is 6.20 Å². The highest BCUT2D eigenvalue weighted by molar-refractivity contribution is 6.99. The molecule has 0 bridgehead atoms. The summed E-state index contributed by atoms with van der Waals surface area (Å²) >= 11 is 1.16. The fraction of sp³-hybridized carbons (Fsp3) is 0.846. The Morgan fingerprint density at radius 2 is 2.10 bits per heavy atom. The molecule has 3 atom stereocenters. The number of anilines is 1. The monoisotopic (exact) mass is 314 g/mol. The number of ether oxygens (including phenoxy) is 1. The highest BCUT2D eigenvalue weighted by Gasteiger charge is 2.63. The van der Waals surface area contributed by atoms with E-state index in [2.05, 4.69) is 13.6 Å². The summed E-state index contributed by atoms with van der Waals surface area (Å²) < 4.78 is 14.5. The second-order valence-corrected chi connectivity index (χ2v) is 7.40. The molecule has 1 aromatic heterocycles. The van der Waals surface area contributed by atoms with E-state index < -0.39 is 11.1 Å². The molecule has 8 heteroatoms. The van der Waals surface area contributed by atoms with E-state index in [1.165, 1.54) is 5.06 Å². The number of aliphatic hydroxyl groups excluding tert-OH is 1. The molecule has 3 heterocycles. The smallest absolute Gasteiger partial charge is 0.163 e. The lowest BCUT2D eigenvalue weighted by atomic mass is 9.88. The number of hydroxylamine groups is 2. The number of morpholine rings is 1. The van der Waals surface area contributed by atoms with Crippen LogP contribution in [0.25, 0.3) is 0 Å². The zero-order chi connectivity index (χ0) is 15.4. The van der Waals surface area contributed by atoms with Crippen LogP contribution in [0, 0.1) is 0 Å². The van der Waals surface area contributed by atoms with Crippen molar-refractivity contribution in [2.24, 2.45) is 0 Å². The predicted octanol–water partition coefficient (Wildman–Crippen LogP) is 0.735. The van der Waals surface area contributed by atoms with Crippen molar-refractivity contribution in [3.05, 3.63) is 6.20 Å². The Bertz CT molecular complexity index is 508. The number of fused-ring (bicyclic) bond motifs is 1. The van der Waals surface area contributed by atoms with Gasteiger partial charge in [0.1, 0.15) is 6.10 Å². The number of hydrogen-bond donors (Lipinski definition) is 2. The summed E-state index contributed by atoms with van der Waals surface area (Å²) in [6, 6.07) is -0.0656. The minimum absolute atomic E-state index is 0.0563. The van der Waals surface area contributed by atoms with Gasteiger partial charge in [-0.3, -0.25) is 0 Å². The molecule has 0 aromatic carbocycles. The Balaban J connectivity index is 2.05. The van der Waals surface area contributed by atoms with Crippen LogP contribution in [0.3, 0.4) is 0 Å². The summed E-state index contributed by atoms with van der Waals surface area (Å²) in [6.07, 6.45) is 1.20. The van der Waals surface area contributed by atoms with Crippen LogP contribution < -0.4 is 4.90 Å². The van der Waals surface area contributed by atoms with Crippen LogP contribution in [0.4, 0.5) is 5.82 Å². The van der Waals surface area contributed by atoms with E-state index in [0.717, 1.165) is 17.5 Å². The van der Waals surface area contributed by atoms with Crippen LogP contribution in [0.2, 0.25) is 0 Å². The molecule has 118 valence electrons. The molecule has 3 unspecified atom stereocenters. The average Bonchev–Trinajstić information content (AvgIpc) is 3.02. The van der Waals surface area contributed by atoms with Crippen LogP contribution in [-0.2, 0) is 4.74 Å². The van der Waals surface area contributed by atoms with Crippen LogP contribution >= 0.6 is 11.7 Å². The zero-order valence-electron chi connectivity index (χ0n) is 12.7. The lowest BCUT2D eigenvalue weighted by Gasteiger charge is -2.46. The van der Waals surface area contributed by atoms with E-state index in [4.69, 9.17) is 4.74 Å². The SMILES string of the molecule is CC1(C)C2OC(CO)CN(c3cnsn3)C2C(C)(C)N1O. The number of hydrogen-bond acceptors (Lipinski definition) is 8. The first-order valence-electron chi connectivity index (χ1n) is 7.10. The lowest BCUT2D eigenvalue weighted by molar-refractivity contribution is -0.207. The molecule has 1 aromatic rings. The van der Waals surface area contributed by atoms with Crippen molar-refractivity contribution >= 4 is 17.5 Å². The molecule has 2 fully saturated rings. The van der Waals surface area contributed by atoms with Gasteiger partial charge in [-0.15, -0.1) is 0 Å². The second-order valence-electron chi connectivity index (χ2n) is 6.84. The molecule has 2 aliphatic heterocycles. The van der Waals surface area contributed by atoms with Crippen molar-refractivity contribution in [1.82, 2.24) is 13.8 Å². The molecular weight excluding hydrogens is 292 g/mol. The lowest BCUT2D eigenvalue weighted by Crippen LogP contribution is -2.62. The highest BCUT2D eigenvalue weighted by Crippen LogP contribution is 2.46. The maximum absolute atomic E-state index is 10.6. The minimum atomic E-state index is -0.552. The molecule has 0 radical (unpaired) electrons. The van der Waals surface area contributed by atoms with Gasteiger partial charge in [0, 0.05) is 6.54 Å². The van der Waals surface area contributed by atoms with Gasteiger partial charge >= 0.3 is 0 Å². The summed E-state index contributed by atoms with van der Waals surface area (Å²) in [5.74, 6) is 0.774. The molecule has 7 nitrogen and oxygen atoms in total. The standard InChI is InChI=1S/C13H22N4O3S/c1-12(2)10-11(13(3,4)17(12)19)20-8(7-18)6-16(10)9-5-14-21-15-9/h5,8,10-11,18-19H,6-7H2,1-4H3. The first kappa shape index (κ1) is 15.1. The molecule has 3 rings (SSSR count). The molecule has 0 amide bonds. The maximum atomic E-state index is 10.6. The maximum Gasteiger partial charge on any atom is 0.163 e. The van der Waals surface area contributed by atoms with Gasteiger partial charge in [-0.2, -0.15) is 13.8 Å². The van der Waals surface area contributed by atoms with Gasteiger partial charge < -0.3 is 20.0 Å². The van der Waals surface area contributed by atoms with Crippen molar-refractivity contribution < 1.29 is 15.1 Å². The Labute approximate surface area is 128 Å². The number of aromatic nitrogens is 2. The van der Waals surface area contributed by atoms with Crippen molar-refractivity contribution in [2.75, 3.05) is 18.1 Å². The van der Waals surface area contributed by atoms with Crippen LogP contribution in [-0.4, -0.2) is 66.6 Å². The van der Waals surface area contributed by atoms with E-state index in [1.807, 2.05) is 27.7 Å². The molecule has 2 aliphatic rings. The molecule has 0 aliphatic carbocycles. The third-order valence-electron chi connectivity index (χ3n) is 4.72. The Morgan fingerprint density at radius 3 is 2.67 bits per heavy atom. The molecule has 21 heavy (non-hydrogen) atoms. The predicted molar refractivity (Wildman–Crippen MR) is 78.6 cm³/mol. The van der Waals surface area contributed by atoms with Gasteiger partial charge in [-0.1, -0.05) is 0 Å². The Hall–Kier alpha value is -0.800. The van der Waals surface area contributed by atoms with Gasteiger partial charge in [0.2, 0.25) is 0 Å². The number of nitrogens with zero attached hydrogens (tertiary/aromatic N) is 4. The second kappa shape index (κ2) is 4.85. The molecule has 0 saturated carbocycles. The third-order valence-corrected chi connectivity index (χ3v) is 5.19. The van der Waals surface area contributed by atoms with Gasteiger partial charge in [-0.05, 0) is 27.7 Å². The van der Waals surface area contributed by atoms with Gasteiger partial charge in [-0.25, -0.2) is 0 Å². The average molecular weight is 314 g/mol. The first-order chi connectivity index (χ1) is 9.80. The van der Waals surface area contributed by atoms with E-state index in [0.29, 0.717) is 6.54 Å². The minimum Gasteiger partial charge on any atom is -0.394 e. The van der Waals surface area contributed by atoms with Crippen molar-refractivity contribution in [3.63, 3.8) is 0 Å². The topological polar surface area (TPSA) is 82.0 Å². The summed E-state index contributed by atoms with van der Waals surface area (Å²) in [6.45, 7) is 8.38. The fourth-order valence-corrected chi connectivity index (χ4v) is 4.16. The van der Waals surface area contributed by atoms with E-state index in [9.17, 15) is 10.3 Å². The van der Waals surface area contributed by atoms with Crippen molar-refractivity contribution in [2.45, 2.75) is 57.0 Å². The summed E-state index contributed by atoms with van der Waals surface area (Å²) in [7, 11) is 0. The van der Waals surface area contributed by atoms with E-state index >= 15 is 0 Å². The fourth-order valence-electron chi connectivity index (χ4n) is 3.74. The third kappa shape index (κ3) is 2.08.